The molecule has 0 fully saturated rings. The van der Waals surface area contributed by atoms with Crippen molar-refractivity contribution in [3.05, 3.63) is 224 Å². The lowest BCUT2D eigenvalue weighted by Crippen LogP contribution is -2.09. The van der Waals surface area contributed by atoms with E-state index in [1.807, 2.05) is 42.5 Å². The Kier molecular flexibility index (Phi) is 8.42. The zero-order valence-electron chi connectivity index (χ0n) is 30.6. The average molecular weight is 718 g/mol. The Labute approximate surface area is 326 Å². The van der Waals surface area contributed by atoms with Crippen molar-refractivity contribution in [2.45, 2.75) is 0 Å². The number of hydrogen-bond donors (Lipinski definition) is 0. The van der Waals surface area contributed by atoms with Crippen LogP contribution in [0.5, 0.6) is 0 Å². The van der Waals surface area contributed by atoms with Crippen molar-refractivity contribution in [2.24, 2.45) is 0 Å². The third-order valence-electron chi connectivity index (χ3n) is 10.9. The fraction of sp³-hybridized carbons (Fsp3) is 0. The molecule has 264 valence electrons. The minimum Gasteiger partial charge on any atom is -0.310 e. The van der Waals surface area contributed by atoms with Gasteiger partial charge in [-0.1, -0.05) is 164 Å². The molecular weight excluding hydrogens is 682 g/mol. The Morgan fingerprint density at radius 2 is 0.750 bits per heavy atom. The first-order chi connectivity index (χ1) is 27.7. The molecular formula is C54H36FN. The van der Waals surface area contributed by atoms with Crippen LogP contribution in [-0.2, 0) is 0 Å². The Hall–Kier alpha value is -7.29. The molecule has 0 aliphatic rings. The highest BCUT2D eigenvalue weighted by Gasteiger charge is 2.17. The normalized spacial score (nSPS) is 11.3. The van der Waals surface area contributed by atoms with Gasteiger partial charge in [0, 0.05) is 27.8 Å². The molecule has 0 heterocycles. The molecule has 0 aliphatic heterocycles. The first-order valence-electron chi connectivity index (χ1n) is 19.0. The molecule has 0 radical (unpaired) electrons. The predicted octanol–water partition coefficient (Wildman–Crippen LogP) is 15.4. The van der Waals surface area contributed by atoms with Crippen molar-refractivity contribution >= 4 is 49.4 Å². The minimum absolute atomic E-state index is 0.219. The molecule has 10 aromatic rings. The number of rotatable bonds is 7. The molecule has 0 saturated carbocycles. The van der Waals surface area contributed by atoms with E-state index in [-0.39, 0.29) is 5.82 Å². The van der Waals surface area contributed by atoms with Gasteiger partial charge in [-0.2, -0.15) is 0 Å². The molecule has 0 bridgehead atoms. The van der Waals surface area contributed by atoms with E-state index < -0.39 is 0 Å². The van der Waals surface area contributed by atoms with Gasteiger partial charge in [0.1, 0.15) is 5.82 Å². The molecule has 10 rings (SSSR count). The Morgan fingerprint density at radius 1 is 0.286 bits per heavy atom. The van der Waals surface area contributed by atoms with Crippen LogP contribution in [0.15, 0.2) is 218 Å². The highest BCUT2D eigenvalue weighted by atomic mass is 19.1. The van der Waals surface area contributed by atoms with Crippen molar-refractivity contribution < 1.29 is 4.39 Å². The molecule has 56 heavy (non-hydrogen) atoms. The first kappa shape index (κ1) is 33.3. The van der Waals surface area contributed by atoms with Crippen LogP contribution in [0.25, 0.3) is 76.8 Å². The van der Waals surface area contributed by atoms with E-state index in [0.717, 1.165) is 44.7 Å². The molecule has 1 nitrogen and oxygen atoms in total. The molecule has 2 heteroatoms. The van der Waals surface area contributed by atoms with Gasteiger partial charge in [-0.05, 0) is 121 Å². The van der Waals surface area contributed by atoms with Gasteiger partial charge >= 0.3 is 0 Å². The summed E-state index contributed by atoms with van der Waals surface area (Å²) in [5.74, 6) is -0.219. The van der Waals surface area contributed by atoms with Crippen LogP contribution in [0.4, 0.5) is 21.5 Å². The van der Waals surface area contributed by atoms with Crippen LogP contribution >= 0.6 is 0 Å². The highest BCUT2D eigenvalue weighted by Crippen LogP contribution is 2.41. The molecule has 0 unspecified atom stereocenters. The summed E-state index contributed by atoms with van der Waals surface area (Å²) >= 11 is 0. The molecule has 0 spiro atoms. The smallest absolute Gasteiger partial charge is 0.131 e. The largest absolute Gasteiger partial charge is 0.310 e. The van der Waals surface area contributed by atoms with Gasteiger partial charge in [-0.3, -0.25) is 0 Å². The molecule has 0 amide bonds. The lowest BCUT2D eigenvalue weighted by molar-refractivity contribution is 0.640. The summed E-state index contributed by atoms with van der Waals surface area (Å²) < 4.78 is 15.3. The molecule has 10 aromatic carbocycles. The third kappa shape index (κ3) is 6.18. The zero-order chi connectivity index (χ0) is 37.4. The fourth-order valence-electron chi connectivity index (χ4n) is 8.06. The molecule has 0 aromatic heterocycles. The quantitative estimate of drug-likeness (QED) is 0.159. The predicted molar refractivity (Wildman–Crippen MR) is 235 cm³/mol. The van der Waals surface area contributed by atoms with Gasteiger partial charge < -0.3 is 4.90 Å². The van der Waals surface area contributed by atoms with E-state index in [4.69, 9.17) is 0 Å². The summed E-state index contributed by atoms with van der Waals surface area (Å²) in [6.45, 7) is 0. The van der Waals surface area contributed by atoms with E-state index in [1.54, 1.807) is 6.07 Å². The first-order valence-corrected chi connectivity index (χ1v) is 19.0. The number of halogens is 1. The van der Waals surface area contributed by atoms with Crippen LogP contribution < -0.4 is 4.90 Å². The highest BCUT2D eigenvalue weighted by molar-refractivity contribution is 6.07. The zero-order valence-corrected chi connectivity index (χ0v) is 30.6. The van der Waals surface area contributed by atoms with E-state index >= 15 is 4.39 Å². The summed E-state index contributed by atoms with van der Waals surface area (Å²) in [5, 5.41) is 6.37. The van der Waals surface area contributed by atoms with Crippen LogP contribution in [-0.4, -0.2) is 0 Å². The van der Waals surface area contributed by atoms with Gasteiger partial charge in [0.05, 0.1) is 0 Å². The van der Waals surface area contributed by atoms with Crippen molar-refractivity contribution in [1.82, 2.24) is 0 Å². The van der Waals surface area contributed by atoms with Crippen LogP contribution in [0, 0.1) is 5.82 Å². The van der Waals surface area contributed by atoms with Gasteiger partial charge in [-0.25, -0.2) is 4.39 Å². The Balaban J connectivity index is 1.06. The number of hydrogen-bond acceptors (Lipinski definition) is 1. The number of benzene rings is 10. The fourth-order valence-corrected chi connectivity index (χ4v) is 8.06. The second kappa shape index (κ2) is 14.2. The van der Waals surface area contributed by atoms with E-state index in [9.17, 15) is 0 Å². The summed E-state index contributed by atoms with van der Waals surface area (Å²) in [6.07, 6.45) is 0. The van der Waals surface area contributed by atoms with Crippen molar-refractivity contribution in [1.29, 1.82) is 0 Å². The lowest BCUT2D eigenvalue weighted by atomic mass is 9.91. The SMILES string of the molecule is Fc1ccc(-c2ccc(N(c3ccc(-c4ccccc4)cc3)c3ccc4cc(-c5ccc6ccccc6c5)ccc4c3)cc2)c2c(-c3ccccc3)cccc12. The molecule has 0 N–H and O–H groups in total. The van der Waals surface area contributed by atoms with E-state index in [1.165, 1.54) is 43.8 Å². The summed E-state index contributed by atoms with van der Waals surface area (Å²) in [5.41, 5.74) is 12.0. The van der Waals surface area contributed by atoms with Crippen molar-refractivity contribution in [3.63, 3.8) is 0 Å². The van der Waals surface area contributed by atoms with Gasteiger partial charge in [0.2, 0.25) is 0 Å². The van der Waals surface area contributed by atoms with E-state index in [2.05, 4.69) is 175 Å². The Morgan fingerprint density at radius 3 is 1.45 bits per heavy atom. The minimum atomic E-state index is -0.219. The topological polar surface area (TPSA) is 3.24 Å². The summed E-state index contributed by atoms with van der Waals surface area (Å²) in [7, 11) is 0. The Bertz CT molecular complexity index is 3010. The third-order valence-corrected chi connectivity index (χ3v) is 10.9. The van der Waals surface area contributed by atoms with Gasteiger partial charge in [0.15, 0.2) is 0 Å². The van der Waals surface area contributed by atoms with Crippen molar-refractivity contribution in [3.8, 4) is 44.5 Å². The maximum Gasteiger partial charge on any atom is 0.131 e. The van der Waals surface area contributed by atoms with E-state index in [0.29, 0.717) is 5.39 Å². The molecule has 0 aliphatic carbocycles. The van der Waals surface area contributed by atoms with Crippen LogP contribution in [0.2, 0.25) is 0 Å². The average Bonchev–Trinajstić information content (AvgIpc) is 3.27. The molecule has 0 saturated heterocycles. The summed E-state index contributed by atoms with van der Waals surface area (Å²) in [4.78, 5) is 2.31. The summed E-state index contributed by atoms with van der Waals surface area (Å²) in [6, 6.07) is 76.2. The lowest BCUT2D eigenvalue weighted by Gasteiger charge is -2.26. The maximum atomic E-state index is 15.3. The molecule has 0 atom stereocenters. The standard InChI is InChI=1S/C54H36FN/c55-53-33-32-51(54-50(16-9-17-52(53)54)40-13-5-2-6-14-40)41-24-29-48(30-25-41)56(47-27-22-39(23-28-47)37-10-3-1-4-11-37)49-31-26-45-35-44(20-21-46(45)36-49)43-19-18-38-12-7-8-15-42(38)34-43/h1-36H. The van der Waals surface area contributed by atoms with Gasteiger partial charge in [-0.15, -0.1) is 0 Å². The van der Waals surface area contributed by atoms with Crippen molar-refractivity contribution in [2.75, 3.05) is 4.90 Å². The number of fused-ring (bicyclic) bond motifs is 3. The second-order valence-corrected chi connectivity index (χ2v) is 14.3. The van der Waals surface area contributed by atoms with Gasteiger partial charge in [0.25, 0.3) is 0 Å². The van der Waals surface area contributed by atoms with Crippen LogP contribution in [0.3, 0.4) is 0 Å². The number of nitrogens with zero attached hydrogens (tertiary/aromatic N) is 1. The monoisotopic (exact) mass is 717 g/mol. The second-order valence-electron chi connectivity index (χ2n) is 14.3. The maximum absolute atomic E-state index is 15.3. The number of anilines is 3. The van der Waals surface area contributed by atoms with Crippen LogP contribution in [0.1, 0.15) is 0 Å².